The van der Waals surface area contributed by atoms with E-state index in [0.29, 0.717) is 37.1 Å². The summed E-state index contributed by atoms with van der Waals surface area (Å²) < 4.78 is 22.7. The molecule has 0 aliphatic carbocycles. The Bertz CT molecular complexity index is 549. The number of benzene rings is 1. The summed E-state index contributed by atoms with van der Waals surface area (Å²) in [5.41, 5.74) is 0.798. The SMILES string of the molecule is CCCOc1cc(C=CC(=O)OC(C)C)cc(OCCC)c1OCCC. The van der Waals surface area contributed by atoms with Crippen LogP contribution in [0.1, 0.15) is 59.4 Å². The van der Waals surface area contributed by atoms with E-state index >= 15 is 0 Å². The van der Waals surface area contributed by atoms with Crippen LogP contribution in [0.4, 0.5) is 0 Å². The molecule has 0 aromatic heterocycles. The molecule has 0 saturated carbocycles. The van der Waals surface area contributed by atoms with Crippen molar-refractivity contribution >= 4 is 12.0 Å². The minimum Gasteiger partial charge on any atom is -0.490 e. The molecule has 5 heteroatoms. The largest absolute Gasteiger partial charge is 0.490 e. The topological polar surface area (TPSA) is 54.0 Å². The Morgan fingerprint density at radius 3 is 1.88 bits per heavy atom. The lowest BCUT2D eigenvalue weighted by Crippen LogP contribution is -2.08. The third-order valence-electron chi connectivity index (χ3n) is 3.18. The molecular weight excluding hydrogens is 332 g/mol. The van der Waals surface area contributed by atoms with Crippen LogP contribution in [-0.4, -0.2) is 31.9 Å². The second-order valence-corrected chi connectivity index (χ2v) is 6.21. The molecule has 1 rings (SSSR count). The molecule has 0 aliphatic rings. The van der Waals surface area contributed by atoms with Crippen LogP contribution < -0.4 is 14.2 Å². The molecule has 0 radical (unpaired) electrons. The van der Waals surface area contributed by atoms with Gasteiger partial charge in [0.25, 0.3) is 0 Å². The van der Waals surface area contributed by atoms with Gasteiger partial charge >= 0.3 is 5.97 Å². The van der Waals surface area contributed by atoms with Crippen LogP contribution in [0, 0.1) is 0 Å². The molecule has 26 heavy (non-hydrogen) atoms. The average Bonchev–Trinajstić information content (AvgIpc) is 2.61. The minimum absolute atomic E-state index is 0.149. The summed E-state index contributed by atoms with van der Waals surface area (Å²) in [6.45, 7) is 11.5. The number of carbonyl (C=O) groups is 1. The number of esters is 1. The van der Waals surface area contributed by atoms with Crippen molar-refractivity contribution in [3.05, 3.63) is 23.8 Å². The molecule has 1 aromatic rings. The summed E-state index contributed by atoms with van der Waals surface area (Å²) in [4.78, 5) is 11.8. The molecular formula is C21H32O5. The summed E-state index contributed by atoms with van der Waals surface area (Å²) in [5.74, 6) is 1.51. The average molecular weight is 364 g/mol. The lowest BCUT2D eigenvalue weighted by molar-refractivity contribution is -0.141. The van der Waals surface area contributed by atoms with E-state index in [4.69, 9.17) is 18.9 Å². The standard InChI is InChI=1S/C21H32O5/c1-6-11-23-18-14-17(9-10-20(22)26-16(4)5)15-19(24-12-7-2)21(18)25-13-8-3/h9-10,14-16H,6-8,11-13H2,1-5H3. The van der Waals surface area contributed by atoms with Crippen LogP contribution in [0.5, 0.6) is 17.2 Å². The number of rotatable bonds is 12. The van der Waals surface area contributed by atoms with E-state index in [1.807, 2.05) is 39.8 Å². The van der Waals surface area contributed by atoms with Crippen molar-refractivity contribution in [2.45, 2.75) is 60.0 Å². The highest BCUT2D eigenvalue weighted by Crippen LogP contribution is 2.39. The monoisotopic (exact) mass is 364 g/mol. The lowest BCUT2D eigenvalue weighted by atomic mass is 10.1. The summed E-state index contributed by atoms with van der Waals surface area (Å²) in [7, 11) is 0. The Hall–Kier alpha value is -2.17. The Morgan fingerprint density at radius 2 is 1.42 bits per heavy atom. The Morgan fingerprint density at radius 1 is 0.923 bits per heavy atom. The maximum absolute atomic E-state index is 11.8. The highest BCUT2D eigenvalue weighted by atomic mass is 16.5. The van der Waals surface area contributed by atoms with Crippen LogP contribution in [0.15, 0.2) is 18.2 Å². The molecule has 0 amide bonds. The lowest BCUT2D eigenvalue weighted by Gasteiger charge is -2.17. The van der Waals surface area contributed by atoms with Gasteiger partial charge in [0, 0.05) is 6.08 Å². The van der Waals surface area contributed by atoms with E-state index < -0.39 is 0 Å². The first kappa shape index (κ1) is 21.9. The van der Waals surface area contributed by atoms with Crippen molar-refractivity contribution in [1.29, 1.82) is 0 Å². The molecule has 1 aromatic carbocycles. The number of carbonyl (C=O) groups excluding carboxylic acids is 1. The molecule has 0 N–H and O–H groups in total. The van der Waals surface area contributed by atoms with Gasteiger partial charge in [-0.05, 0) is 56.9 Å². The Kier molecular flexibility index (Phi) is 10.3. The smallest absolute Gasteiger partial charge is 0.331 e. The second kappa shape index (κ2) is 12.2. The van der Waals surface area contributed by atoms with Gasteiger partial charge in [0.2, 0.25) is 5.75 Å². The van der Waals surface area contributed by atoms with E-state index in [1.54, 1.807) is 6.08 Å². The maximum Gasteiger partial charge on any atom is 0.331 e. The zero-order chi connectivity index (χ0) is 19.4. The first-order chi connectivity index (χ1) is 12.5. The van der Waals surface area contributed by atoms with Gasteiger partial charge in [0.05, 0.1) is 25.9 Å². The van der Waals surface area contributed by atoms with Gasteiger partial charge in [-0.15, -0.1) is 0 Å². The van der Waals surface area contributed by atoms with E-state index in [2.05, 4.69) is 6.92 Å². The van der Waals surface area contributed by atoms with Crippen molar-refractivity contribution < 1.29 is 23.7 Å². The third kappa shape index (κ3) is 7.81. The maximum atomic E-state index is 11.8. The Labute approximate surface area is 157 Å². The molecule has 0 atom stereocenters. The van der Waals surface area contributed by atoms with Crippen molar-refractivity contribution in [3.8, 4) is 17.2 Å². The van der Waals surface area contributed by atoms with Crippen molar-refractivity contribution in [2.75, 3.05) is 19.8 Å². The van der Waals surface area contributed by atoms with Crippen LogP contribution in [0.3, 0.4) is 0 Å². The molecule has 0 bridgehead atoms. The van der Waals surface area contributed by atoms with E-state index in [0.717, 1.165) is 24.8 Å². The summed E-state index contributed by atoms with van der Waals surface area (Å²) in [5, 5.41) is 0. The van der Waals surface area contributed by atoms with Crippen LogP contribution >= 0.6 is 0 Å². The van der Waals surface area contributed by atoms with Gasteiger partial charge in [-0.1, -0.05) is 20.8 Å². The zero-order valence-corrected chi connectivity index (χ0v) is 16.7. The fourth-order valence-corrected chi connectivity index (χ4v) is 2.11. The second-order valence-electron chi connectivity index (χ2n) is 6.21. The molecule has 0 aliphatic heterocycles. The van der Waals surface area contributed by atoms with Gasteiger partial charge in [-0.25, -0.2) is 4.79 Å². The summed E-state index contributed by atoms with van der Waals surface area (Å²) in [6, 6.07) is 3.72. The molecule has 0 fully saturated rings. The van der Waals surface area contributed by atoms with E-state index in [-0.39, 0.29) is 12.1 Å². The highest BCUT2D eigenvalue weighted by molar-refractivity contribution is 5.87. The van der Waals surface area contributed by atoms with Gasteiger partial charge < -0.3 is 18.9 Å². The summed E-state index contributed by atoms with van der Waals surface area (Å²) >= 11 is 0. The van der Waals surface area contributed by atoms with E-state index in [9.17, 15) is 4.79 Å². The molecule has 0 heterocycles. The quantitative estimate of drug-likeness (QED) is 0.385. The number of hydrogen-bond acceptors (Lipinski definition) is 5. The van der Waals surface area contributed by atoms with Gasteiger partial charge in [0.1, 0.15) is 0 Å². The molecule has 0 unspecified atom stereocenters. The normalized spacial score (nSPS) is 11.0. The Balaban J connectivity index is 3.16. The highest BCUT2D eigenvalue weighted by Gasteiger charge is 2.15. The molecule has 0 saturated heterocycles. The van der Waals surface area contributed by atoms with Gasteiger partial charge in [-0.2, -0.15) is 0 Å². The van der Waals surface area contributed by atoms with E-state index in [1.165, 1.54) is 6.08 Å². The minimum atomic E-state index is -0.377. The summed E-state index contributed by atoms with van der Waals surface area (Å²) in [6.07, 6.45) is 5.63. The predicted octanol–water partition coefficient (Wildman–Crippen LogP) is 5.02. The van der Waals surface area contributed by atoms with Gasteiger partial charge in [0.15, 0.2) is 11.5 Å². The van der Waals surface area contributed by atoms with Crippen LogP contribution in [0.2, 0.25) is 0 Å². The molecule has 146 valence electrons. The molecule has 5 nitrogen and oxygen atoms in total. The zero-order valence-electron chi connectivity index (χ0n) is 16.7. The van der Waals surface area contributed by atoms with Gasteiger partial charge in [-0.3, -0.25) is 0 Å². The predicted molar refractivity (Wildman–Crippen MR) is 104 cm³/mol. The van der Waals surface area contributed by atoms with Crippen molar-refractivity contribution in [2.24, 2.45) is 0 Å². The first-order valence-electron chi connectivity index (χ1n) is 9.46. The molecule has 0 spiro atoms. The van der Waals surface area contributed by atoms with Crippen LogP contribution in [-0.2, 0) is 9.53 Å². The van der Waals surface area contributed by atoms with Crippen molar-refractivity contribution in [3.63, 3.8) is 0 Å². The first-order valence-corrected chi connectivity index (χ1v) is 9.46. The third-order valence-corrected chi connectivity index (χ3v) is 3.18. The van der Waals surface area contributed by atoms with Crippen molar-refractivity contribution in [1.82, 2.24) is 0 Å². The number of hydrogen-bond donors (Lipinski definition) is 0. The van der Waals surface area contributed by atoms with Crippen LogP contribution in [0.25, 0.3) is 6.08 Å². The fourth-order valence-electron chi connectivity index (χ4n) is 2.11. The fraction of sp³-hybridized carbons (Fsp3) is 0.571. The number of ether oxygens (including phenoxy) is 4.